The van der Waals surface area contributed by atoms with Gasteiger partial charge < -0.3 is 10.6 Å². The monoisotopic (exact) mass is 312 g/mol. The van der Waals surface area contributed by atoms with Crippen molar-refractivity contribution < 1.29 is 8.42 Å². The van der Waals surface area contributed by atoms with Crippen LogP contribution in [0.5, 0.6) is 0 Å². The lowest BCUT2D eigenvalue weighted by molar-refractivity contribution is 0.571. The van der Waals surface area contributed by atoms with Crippen LogP contribution in [-0.2, 0) is 9.84 Å². The van der Waals surface area contributed by atoms with E-state index in [1.807, 2.05) is 33.8 Å². The fraction of sp³-hybridized carbons (Fsp3) is 0.714. The van der Waals surface area contributed by atoms with Gasteiger partial charge in [0.25, 0.3) is 0 Å². The zero-order chi connectivity index (χ0) is 15.7. The number of sulfone groups is 1. The zero-order valence-electron chi connectivity index (χ0n) is 13.1. The number of hydrogen-bond acceptors (Lipinski definition) is 6. The molecule has 1 aromatic rings. The van der Waals surface area contributed by atoms with E-state index in [-0.39, 0.29) is 17.4 Å². The lowest BCUT2D eigenvalue weighted by Crippen LogP contribution is -2.36. The van der Waals surface area contributed by atoms with Crippen molar-refractivity contribution in [2.75, 3.05) is 28.7 Å². The highest BCUT2D eigenvalue weighted by Gasteiger charge is 2.38. The van der Waals surface area contributed by atoms with Gasteiger partial charge in [-0.25, -0.2) is 18.4 Å². The molecule has 1 unspecified atom stereocenters. The quantitative estimate of drug-likeness (QED) is 0.865. The van der Waals surface area contributed by atoms with Gasteiger partial charge >= 0.3 is 0 Å². The maximum atomic E-state index is 11.7. The Morgan fingerprint density at radius 1 is 1.33 bits per heavy atom. The third-order valence-electron chi connectivity index (χ3n) is 3.55. The summed E-state index contributed by atoms with van der Waals surface area (Å²) in [7, 11) is -2.94. The van der Waals surface area contributed by atoms with E-state index < -0.39 is 15.4 Å². The fourth-order valence-corrected chi connectivity index (χ4v) is 4.57. The van der Waals surface area contributed by atoms with E-state index in [2.05, 4.69) is 20.6 Å². The molecule has 1 fully saturated rings. The molecule has 2 N–H and O–H groups in total. The standard InChI is InChI=1S/C14H24N4O2S/c1-5-15-11-8-12(17-13(16-11)10(2)3)18-14(4)6-7-21(19,20)9-14/h8,10H,5-7,9H2,1-4H3,(H2,15,16,17,18). The summed E-state index contributed by atoms with van der Waals surface area (Å²) in [6, 6.07) is 1.84. The Labute approximate surface area is 126 Å². The van der Waals surface area contributed by atoms with Gasteiger partial charge in [-0.15, -0.1) is 0 Å². The summed E-state index contributed by atoms with van der Waals surface area (Å²) < 4.78 is 23.4. The molecule has 21 heavy (non-hydrogen) atoms. The van der Waals surface area contributed by atoms with Crippen molar-refractivity contribution in [3.05, 3.63) is 11.9 Å². The van der Waals surface area contributed by atoms with Crippen LogP contribution in [-0.4, -0.2) is 42.0 Å². The van der Waals surface area contributed by atoms with E-state index in [0.717, 1.165) is 18.2 Å². The molecule has 6 nitrogen and oxygen atoms in total. The van der Waals surface area contributed by atoms with Gasteiger partial charge in [-0.2, -0.15) is 0 Å². The van der Waals surface area contributed by atoms with Crippen molar-refractivity contribution in [1.82, 2.24) is 9.97 Å². The van der Waals surface area contributed by atoms with E-state index >= 15 is 0 Å². The molecular weight excluding hydrogens is 288 g/mol. The number of aromatic nitrogens is 2. The summed E-state index contributed by atoms with van der Waals surface area (Å²) in [6.45, 7) is 8.80. The molecule has 0 bridgehead atoms. The molecule has 0 aliphatic carbocycles. The minimum absolute atomic E-state index is 0.150. The van der Waals surface area contributed by atoms with Gasteiger partial charge in [0.2, 0.25) is 0 Å². The highest BCUT2D eigenvalue weighted by molar-refractivity contribution is 7.91. The van der Waals surface area contributed by atoms with Crippen molar-refractivity contribution in [1.29, 1.82) is 0 Å². The number of anilines is 2. The molecular formula is C14H24N4O2S. The second kappa shape index (κ2) is 5.79. The Morgan fingerprint density at radius 2 is 2.00 bits per heavy atom. The summed E-state index contributed by atoms with van der Waals surface area (Å²) in [5, 5.41) is 6.48. The first kappa shape index (κ1) is 16.0. The van der Waals surface area contributed by atoms with Crippen LogP contribution in [0.4, 0.5) is 11.6 Å². The number of nitrogens with one attached hydrogen (secondary N) is 2. The molecule has 0 aromatic carbocycles. The van der Waals surface area contributed by atoms with Gasteiger partial charge in [0.15, 0.2) is 9.84 Å². The maximum Gasteiger partial charge on any atom is 0.152 e. The van der Waals surface area contributed by atoms with Crippen LogP contribution in [0.1, 0.15) is 45.9 Å². The normalized spacial score (nSPS) is 24.2. The van der Waals surface area contributed by atoms with Crippen LogP contribution in [0.3, 0.4) is 0 Å². The summed E-state index contributed by atoms with van der Waals surface area (Å²) in [5.41, 5.74) is -0.453. The molecule has 0 saturated carbocycles. The maximum absolute atomic E-state index is 11.7. The summed E-state index contributed by atoms with van der Waals surface area (Å²) in [5.74, 6) is 2.80. The van der Waals surface area contributed by atoms with Gasteiger partial charge in [0, 0.05) is 18.5 Å². The van der Waals surface area contributed by atoms with E-state index in [1.165, 1.54) is 0 Å². The molecule has 2 heterocycles. The summed E-state index contributed by atoms with van der Waals surface area (Å²) in [6.07, 6.45) is 0.604. The van der Waals surface area contributed by atoms with E-state index in [1.54, 1.807) is 0 Å². The van der Waals surface area contributed by atoms with Crippen molar-refractivity contribution in [3.63, 3.8) is 0 Å². The smallest absolute Gasteiger partial charge is 0.152 e. The van der Waals surface area contributed by atoms with E-state index in [4.69, 9.17) is 0 Å². The Kier molecular flexibility index (Phi) is 4.41. The van der Waals surface area contributed by atoms with Crippen molar-refractivity contribution in [3.8, 4) is 0 Å². The average Bonchev–Trinajstić information content (AvgIpc) is 2.63. The molecule has 7 heteroatoms. The van der Waals surface area contributed by atoms with Gasteiger partial charge in [0.1, 0.15) is 17.5 Å². The third kappa shape index (κ3) is 4.06. The number of nitrogens with zero attached hydrogens (tertiary/aromatic N) is 2. The second-order valence-electron chi connectivity index (χ2n) is 6.21. The third-order valence-corrected chi connectivity index (χ3v) is 5.45. The van der Waals surface area contributed by atoms with Crippen molar-refractivity contribution >= 4 is 21.5 Å². The first-order valence-electron chi connectivity index (χ1n) is 7.34. The van der Waals surface area contributed by atoms with Crippen LogP contribution in [0.2, 0.25) is 0 Å². The van der Waals surface area contributed by atoms with Gasteiger partial charge in [-0.05, 0) is 20.3 Å². The minimum Gasteiger partial charge on any atom is -0.370 e. The van der Waals surface area contributed by atoms with Gasteiger partial charge in [0.05, 0.1) is 17.0 Å². The lowest BCUT2D eigenvalue weighted by atomic mass is 10.0. The van der Waals surface area contributed by atoms with Crippen LogP contribution in [0.25, 0.3) is 0 Å². The zero-order valence-corrected chi connectivity index (χ0v) is 13.9. The van der Waals surface area contributed by atoms with Gasteiger partial charge in [-0.1, -0.05) is 13.8 Å². The average molecular weight is 312 g/mol. The predicted molar refractivity (Wildman–Crippen MR) is 85.6 cm³/mol. The Morgan fingerprint density at radius 3 is 2.52 bits per heavy atom. The minimum atomic E-state index is -2.94. The first-order chi connectivity index (χ1) is 9.73. The molecule has 1 aliphatic heterocycles. The van der Waals surface area contributed by atoms with Gasteiger partial charge in [-0.3, -0.25) is 0 Å². The Bertz CT molecular complexity index is 615. The second-order valence-corrected chi connectivity index (χ2v) is 8.39. The highest BCUT2D eigenvalue weighted by atomic mass is 32.2. The molecule has 2 rings (SSSR count). The molecule has 0 amide bonds. The molecule has 118 valence electrons. The number of hydrogen-bond donors (Lipinski definition) is 2. The van der Waals surface area contributed by atoms with Crippen molar-refractivity contribution in [2.24, 2.45) is 0 Å². The van der Waals surface area contributed by atoms with E-state index in [0.29, 0.717) is 12.2 Å². The van der Waals surface area contributed by atoms with E-state index in [9.17, 15) is 8.42 Å². The van der Waals surface area contributed by atoms with Crippen LogP contribution >= 0.6 is 0 Å². The molecule has 1 saturated heterocycles. The predicted octanol–water partition coefficient (Wildman–Crippen LogP) is 2.02. The molecule has 1 atom stereocenters. The molecule has 0 radical (unpaired) electrons. The van der Waals surface area contributed by atoms with Crippen molar-refractivity contribution in [2.45, 2.75) is 45.6 Å². The SMILES string of the molecule is CCNc1cc(NC2(C)CCS(=O)(=O)C2)nc(C(C)C)n1. The Balaban J connectivity index is 2.27. The Hall–Kier alpha value is -1.37. The van der Waals surface area contributed by atoms with Crippen LogP contribution < -0.4 is 10.6 Å². The molecule has 1 aliphatic rings. The fourth-order valence-electron chi connectivity index (χ4n) is 2.48. The summed E-state index contributed by atoms with van der Waals surface area (Å²) >= 11 is 0. The molecule has 0 spiro atoms. The summed E-state index contributed by atoms with van der Waals surface area (Å²) in [4.78, 5) is 8.98. The lowest BCUT2D eigenvalue weighted by Gasteiger charge is -2.25. The largest absolute Gasteiger partial charge is 0.370 e. The number of rotatable bonds is 5. The van der Waals surface area contributed by atoms with Crippen LogP contribution in [0, 0.1) is 0 Å². The first-order valence-corrected chi connectivity index (χ1v) is 9.16. The van der Waals surface area contributed by atoms with Crippen LogP contribution in [0.15, 0.2) is 6.07 Å². The molecule has 1 aromatic heterocycles. The topological polar surface area (TPSA) is 84.0 Å². The highest BCUT2D eigenvalue weighted by Crippen LogP contribution is 2.28.